The first-order valence-corrected chi connectivity index (χ1v) is 10.4. The summed E-state index contributed by atoms with van der Waals surface area (Å²) < 4.78 is 55.4. The van der Waals surface area contributed by atoms with E-state index in [2.05, 4.69) is 4.74 Å². The predicted molar refractivity (Wildman–Crippen MR) is 84.5 cm³/mol. The molecule has 0 aliphatic rings. The Morgan fingerprint density at radius 2 is 1.75 bits per heavy atom. The third kappa shape index (κ3) is 6.67. The van der Waals surface area contributed by atoms with E-state index in [4.69, 9.17) is 4.74 Å². The van der Waals surface area contributed by atoms with Crippen LogP contribution in [0, 0.1) is 6.92 Å². The Hall–Kier alpha value is -1.94. The normalized spacial score (nSPS) is 13.1. The maximum absolute atomic E-state index is 12.1. The minimum absolute atomic E-state index is 0.0781. The van der Waals surface area contributed by atoms with Crippen molar-refractivity contribution in [3.63, 3.8) is 0 Å². The molecule has 0 amide bonds. The van der Waals surface area contributed by atoms with Crippen molar-refractivity contribution in [2.45, 2.75) is 17.9 Å². The van der Waals surface area contributed by atoms with Crippen molar-refractivity contribution < 1.29 is 35.9 Å². The zero-order chi connectivity index (χ0) is 18.4. The molecular formula is C14H17O8S2. The van der Waals surface area contributed by atoms with Gasteiger partial charge in [-0.05, 0) is 19.1 Å². The number of sulfone groups is 2. The molecule has 133 valence electrons. The summed E-state index contributed by atoms with van der Waals surface area (Å²) in [5.74, 6) is -2.41. The van der Waals surface area contributed by atoms with Gasteiger partial charge in [-0.1, -0.05) is 17.7 Å². The van der Waals surface area contributed by atoms with E-state index >= 15 is 0 Å². The minimum atomic E-state index is -3.66. The van der Waals surface area contributed by atoms with Gasteiger partial charge in [0.25, 0.3) is 0 Å². The monoisotopic (exact) mass is 377 g/mol. The topological polar surface area (TPSA) is 121 Å². The molecule has 24 heavy (non-hydrogen) atoms. The standard InChI is InChI=1S/C14H17O8S2/c1-11-3-5-12(6-4-11)24(19,20)8-7-21-14(16)13(22-10-15)9-23(2,17)18/h3-6,13H,7-9H2,1-2H3. The van der Waals surface area contributed by atoms with Crippen LogP contribution < -0.4 is 0 Å². The number of ether oxygens (including phenoxy) is 2. The van der Waals surface area contributed by atoms with Crippen molar-refractivity contribution in [1.29, 1.82) is 0 Å². The van der Waals surface area contributed by atoms with Crippen molar-refractivity contribution in [3.8, 4) is 0 Å². The van der Waals surface area contributed by atoms with Crippen LogP contribution in [0.3, 0.4) is 0 Å². The molecule has 1 rings (SSSR count). The van der Waals surface area contributed by atoms with Gasteiger partial charge in [0, 0.05) is 6.26 Å². The lowest BCUT2D eigenvalue weighted by Crippen LogP contribution is -2.34. The highest BCUT2D eigenvalue weighted by Gasteiger charge is 2.27. The molecule has 0 N–H and O–H groups in total. The molecule has 1 aromatic rings. The van der Waals surface area contributed by atoms with Crippen LogP contribution >= 0.6 is 0 Å². The Labute approximate surface area is 140 Å². The van der Waals surface area contributed by atoms with Gasteiger partial charge in [-0.25, -0.2) is 26.4 Å². The summed E-state index contributed by atoms with van der Waals surface area (Å²) in [6, 6.07) is 6.14. The van der Waals surface area contributed by atoms with Crippen molar-refractivity contribution in [3.05, 3.63) is 29.8 Å². The number of carbonyl (C=O) groups is 1. The Morgan fingerprint density at radius 3 is 2.25 bits per heavy atom. The molecular weight excluding hydrogens is 360 g/mol. The maximum atomic E-state index is 12.1. The van der Waals surface area contributed by atoms with Gasteiger partial charge in [0.15, 0.2) is 19.7 Å². The van der Waals surface area contributed by atoms with Gasteiger partial charge in [-0.15, -0.1) is 0 Å². The zero-order valence-corrected chi connectivity index (χ0v) is 14.7. The smallest absolute Gasteiger partial charge is 0.418 e. The molecule has 0 saturated heterocycles. The molecule has 1 unspecified atom stereocenters. The lowest BCUT2D eigenvalue weighted by Gasteiger charge is -2.13. The second kappa shape index (κ2) is 8.25. The van der Waals surface area contributed by atoms with Crippen LogP contribution in [-0.4, -0.2) is 59.7 Å². The number of esters is 1. The van der Waals surface area contributed by atoms with Crippen LogP contribution in [-0.2, 0) is 38.7 Å². The summed E-state index contributed by atoms with van der Waals surface area (Å²) >= 11 is 0. The fraction of sp³-hybridized carbons (Fsp3) is 0.429. The van der Waals surface area contributed by atoms with Crippen LogP contribution in [0.1, 0.15) is 5.56 Å². The van der Waals surface area contributed by atoms with Crippen molar-refractivity contribution in [2.75, 3.05) is 24.4 Å². The van der Waals surface area contributed by atoms with E-state index in [0.29, 0.717) is 0 Å². The summed E-state index contributed by atoms with van der Waals surface area (Å²) in [4.78, 5) is 22.0. The summed E-state index contributed by atoms with van der Waals surface area (Å²) in [5, 5.41) is 0. The molecule has 0 aliphatic carbocycles. The lowest BCUT2D eigenvalue weighted by atomic mass is 10.2. The maximum Gasteiger partial charge on any atom is 0.418 e. The molecule has 1 aromatic carbocycles. The van der Waals surface area contributed by atoms with Gasteiger partial charge < -0.3 is 9.47 Å². The zero-order valence-electron chi connectivity index (χ0n) is 13.1. The SMILES string of the molecule is Cc1ccc(S(=O)(=O)CCOC(=O)C(CS(C)(=O)=O)O[C]=O)cc1. The van der Waals surface area contributed by atoms with Gasteiger partial charge in [-0.3, -0.25) is 0 Å². The summed E-state index contributed by atoms with van der Waals surface area (Å²) in [7, 11) is -7.27. The second-order valence-corrected chi connectivity index (χ2v) is 9.38. The van der Waals surface area contributed by atoms with E-state index in [9.17, 15) is 26.4 Å². The molecule has 0 bridgehead atoms. The van der Waals surface area contributed by atoms with Gasteiger partial charge in [0.1, 0.15) is 6.61 Å². The average Bonchev–Trinajstić information content (AvgIpc) is 2.45. The quantitative estimate of drug-likeness (QED) is 0.543. The molecule has 0 fully saturated rings. The summed E-state index contributed by atoms with van der Waals surface area (Å²) in [6.45, 7) is 2.28. The van der Waals surface area contributed by atoms with E-state index in [-0.39, 0.29) is 4.90 Å². The van der Waals surface area contributed by atoms with Gasteiger partial charge in [0.05, 0.1) is 16.4 Å². The molecule has 8 nitrogen and oxygen atoms in total. The largest absolute Gasteiger partial charge is 0.462 e. The molecule has 0 saturated carbocycles. The van der Waals surface area contributed by atoms with Crippen molar-refractivity contribution in [2.24, 2.45) is 0 Å². The van der Waals surface area contributed by atoms with Crippen LogP contribution in [0.2, 0.25) is 0 Å². The van der Waals surface area contributed by atoms with E-state index in [1.54, 1.807) is 12.1 Å². The first kappa shape index (κ1) is 20.1. The van der Waals surface area contributed by atoms with Gasteiger partial charge in [0.2, 0.25) is 6.10 Å². The molecule has 10 heteroatoms. The first-order chi connectivity index (χ1) is 11.0. The lowest BCUT2D eigenvalue weighted by molar-refractivity contribution is -0.150. The molecule has 1 radical (unpaired) electrons. The van der Waals surface area contributed by atoms with Crippen molar-refractivity contribution in [1.82, 2.24) is 0 Å². The van der Waals surface area contributed by atoms with Gasteiger partial charge >= 0.3 is 12.4 Å². The molecule has 0 spiro atoms. The van der Waals surface area contributed by atoms with E-state index in [0.717, 1.165) is 18.3 Å². The Bertz CT molecular complexity index is 779. The fourth-order valence-electron chi connectivity index (χ4n) is 1.69. The molecule has 1 atom stereocenters. The Morgan fingerprint density at radius 1 is 1.17 bits per heavy atom. The third-order valence-electron chi connectivity index (χ3n) is 2.88. The summed E-state index contributed by atoms with van der Waals surface area (Å²) in [5.41, 5.74) is 0.895. The number of benzene rings is 1. The number of aryl methyl sites for hydroxylation is 1. The Kier molecular flexibility index (Phi) is 6.91. The van der Waals surface area contributed by atoms with Crippen molar-refractivity contribution >= 4 is 32.1 Å². The van der Waals surface area contributed by atoms with E-state index in [1.165, 1.54) is 12.1 Å². The number of rotatable bonds is 9. The first-order valence-electron chi connectivity index (χ1n) is 6.72. The highest BCUT2D eigenvalue weighted by molar-refractivity contribution is 7.91. The van der Waals surface area contributed by atoms with E-state index in [1.807, 2.05) is 6.92 Å². The van der Waals surface area contributed by atoms with E-state index < -0.39 is 49.9 Å². The second-order valence-electron chi connectivity index (χ2n) is 5.08. The molecule has 0 heterocycles. The van der Waals surface area contributed by atoms with Crippen LogP contribution in [0.25, 0.3) is 0 Å². The highest BCUT2D eigenvalue weighted by Crippen LogP contribution is 2.12. The number of carbonyl (C=O) groups excluding carboxylic acids is 2. The molecule has 0 aliphatic heterocycles. The van der Waals surface area contributed by atoms with Crippen LogP contribution in [0.5, 0.6) is 0 Å². The highest BCUT2D eigenvalue weighted by atomic mass is 32.2. The van der Waals surface area contributed by atoms with Crippen LogP contribution in [0.15, 0.2) is 29.2 Å². The van der Waals surface area contributed by atoms with Gasteiger partial charge in [-0.2, -0.15) is 0 Å². The molecule has 0 aromatic heterocycles. The van der Waals surface area contributed by atoms with Crippen LogP contribution in [0.4, 0.5) is 0 Å². The summed E-state index contributed by atoms with van der Waals surface area (Å²) in [6.07, 6.45) is -0.830. The predicted octanol–water partition coefficient (Wildman–Crippen LogP) is -0.191. The fourth-order valence-corrected chi connectivity index (χ4v) is 3.53. The Balaban J connectivity index is 2.65. The number of hydrogen-bond acceptors (Lipinski definition) is 8. The third-order valence-corrected chi connectivity index (χ3v) is 5.49. The minimum Gasteiger partial charge on any atom is -0.462 e. The average molecular weight is 377 g/mol. The number of hydrogen-bond donors (Lipinski definition) is 0.